The zero-order chi connectivity index (χ0) is 12.3. The summed E-state index contributed by atoms with van der Waals surface area (Å²) in [5, 5.41) is 0. The number of nitrogens with two attached hydrogens (primary N) is 1. The molecule has 1 atom stereocenters. The fourth-order valence-corrected chi connectivity index (χ4v) is 1.61. The molecule has 1 unspecified atom stereocenters. The maximum absolute atomic E-state index is 11.5. The Labute approximate surface area is 95.0 Å². The summed E-state index contributed by atoms with van der Waals surface area (Å²) in [5.74, 6) is -0.437. The Morgan fingerprint density at radius 3 is 2.69 bits per heavy atom. The second-order valence-corrected chi connectivity index (χ2v) is 4.24. The lowest BCUT2D eigenvalue weighted by Crippen LogP contribution is -2.48. The normalized spacial score (nSPS) is 13.3. The van der Waals surface area contributed by atoms with Crippen molar-refractivity contribution in [1.29, 1.82) is 0 Å². The van der Waals surface area contributed by atoms with Crippen molar-refractivity contribution in [1.82, 2.24) is 9.97 Å². The van der Waals surface area contributed by atoms with Crippen molar-refractivity contribution in [3.05, 3.63) is 23.8 Å². The van der Waals surface area contributed by atoms with E-state index >= 15 is 0 Å². The summed E-state index contributed by atoms with van der Waals surface area (Å²) < 4.78 is 4.65. The maximum Gasteiger partial charge on any atom is 0.323 e. The second kappa shape index (κ2) is 4.57. The third-order valence-electron chi connectivity index (χ3n) is 2.84. The van der Waals surface area contributed by atoms with Crippen molar-refractivity contribution >= 4 is 5.97 Å². The molecule has 16 heavy (non-hydrogen) atoms. The van der Waals surface area contributed by atoms with Crippen molar-refractivity contribution in [2.45, 2.75) is 32.2 Å². The zero-order valence-electron chi connectivity index (χ0n) is 10.0. The van der Waals surface area contributed by atoms with Crippen LogP contribution in [0, 0.1) is 6.92 Å². The Bertz CT molecular complexity index is 391. The van der Waals surface area contributed by atoms with Crippen molar-refractivity contribution in [3.63, 3.8) is 0 Å². The molecule has 0 saturated heterocycles. The average Bonchev–Trinajstić information content (AvgIpc) is 2.27. The van der Waals surface area contributed by atoms with E-state index in [0.29, 0.717) is 0 Å². The van der Waals surface area contributed by atoms with Gasteiger partial charge in [-0.25, -0.2) is 9.97 Å². The highest BCUT2D eigenvalue weighted by atomic mass is 16.5. The number of aryl methyl sites for hydroxylation is 1. The van der Waals surface area contributed by atoms with Gasteiger partial charge in [-0.15, -0.1) is 0 Å². The van der Waals surface area contributed by atoms with Crippen LogP contribution >= 0.6 is 0 Å². The molecule has 0 aromatic carbocycles. The first-order chi connectivity index (χ1) is 7.41. The lowest BCUT2D eigenvalue weighted by Gasteiger charge is -2.30. The number of hydrogen-bond acceptors (Lipinski definition) is 5. The van der Waals surface area contributed by atoms with Gasteiger partial charge in [0, 0.05) is 17.3 Å². The zero-order valence-corrected chi connectivity index (χ0v) is 10.0. The second-order valence-electron chi connectivity index (χ2n) is 4.24. The third kappa shape index (κ3) is 2.19. The van der Waals surface area contributed by atoms with Crippen LogP contribution < -0.4 is 5.73 Å². The van der Waals surface area contributed by atoms with Crippen LogP contribution in [0.4, 0.5) is 0 Å². The number of carbonyl (C=O) groups is 1. The van der Waals surface area contributed by atoms with Gasteiger partial charge in [-0.1, -0.05) is 13.8 Å². The number of nitrogens with zero attached hydrogens (tertiary/aromatic N) is 2. The summed E-state index contributed by atoms with van der Waals surface area (Å²) in [7, 11) is 1.33. The van der Waals surface area contributed by atoms with Gasteiger partial charge in [0.05, 0.1) is 7.11 Å². The highest BCUT2D eigenvalue weighted by Crippen LogP contribution is 2.27. The molecule has 1 heterocycles. The van der Waals surface area contributed by atoms with Crippen molar-refractivity contribution in [2.75, 3.05) is 7.11 Å². The summed E-state index contributed by atoms with van der Waals surface area (Å²) >= 11 is 0. The topological polar surface area (TPSA) is 78.1 Å². The molecule has 2 N–H and O–H groups in total. The summed E-state index contributed by atoms with van der Waals surface area (Å²) in [6.45, 7) is 5.61. The van der Waals surface area contributed by atoms with Gasteiger partial charge >= 0.3 is 5.97 Å². The molecule has 0 amide bonds. The molecule has 0 aliphatic carbocycles. The number of carbonyl (C=O) groups excluding carboxylic acids is 1. The van der Waals surface area contributed by atoms with E-state index in [-0.39, 0.29) is 0 Å². The van der Waals surface area contributed by atoms with Crippen LogP contribution in [0.5, 0.6) is 0 Å². The van der Waals surface area contributed by atoms with E-state index in [1.807, 2.05) is 20.8 Å². The number of rotatable bonds is 3. The van der Waals surface area contributed by atoms with Gasteiger partial charge in [0.25, 0.3) is 0 Å². The fraction of sp³-hybridized carbons (Fsp3) is 0.545. The van der Waals surface area contributed by atoms with Gasteiger partial charge in [0.2, 0.25) is 0 Å². The van der Waals surface area contributed by atoms with Gasteiger partial charge in [0.1, 0.15) is 12.4 Å². The van der Waals surface area contributed by atoms with E-state index in [0.717, 1.165) is 11.3 Å². The minimum Gasteiger partial charge on any atom is -0.468 e. The predicted molar refractivity (Wildman–Crippen MR) is 59.8 cm³/mol. The van der Waals surface area contributed by atoms with E-state index in [1.165, 1.54) is 13.4 Å². The molecule has 0 radical (unpaired) electrons. The SMILES string of the molecule is COC(=O)C(N)C(C)(C)c1cncnc1C. The quantitative estimate of drug-likeness (QED) is 0.758. The summed E-state index contributed by atoms with van der Waals surface area (Å²) in [6.07, 6.45) is 3.16. The summed E-state index contributed by atoms with van der Waals surface area (Å²) in [5.41, 5.74) is 6.99. The molecule has 0 aliphatic rings. The first kappa shape index (κ1) is 12.6. The summed E-state index contributed by atoms with van der Waals surface area (Å²) in [6, 6.07) is -0.734. The first-order valence-corrected chi connectivity index (χ1v) is 5.01. The minimum absolute atomic E-state index is 0.437. The van der Waals surface area contributed by atoms with E-state index < -0.39 is 17.4 Å². The molecule has 0 saturated carbocycles. The molecule has 0 spiro atoms. The van der Waals surface area contributed by atoms with Crippen molar-refractivity contribution < 1.29 is 9.53 Å². The third-order valence-corrected chi connectivity index (χ3v) is 2.84. The monoisotopic (exact) mass is 223 g/mol. The first-order valence-electron chi connectivity index (χ1n) is 5.01. The molecule has 1 aromatic heterocycles. The van der Waals surface area contributed by atoms with E-state index in [2.05, 4.69) is 14.7 Å². The standard InChI is InChI=1S/C11H17N3O2/c1-7-8(5-13-6-14-7)11(2,3)9(12)10(15)16-4/h5-6,9H,12H2,1-4H3. The Morgan fingerprint density at radius 2 is 2.19 bits per heavy atom. The van der Waals surface area contributed by atoms with E-state index in [1.54, 1.807) is 6.20 Å². The van der Waals surface area contributed by atoms with Crippen LogP contribution in [0.3, 0.4) is 0 Å². The molecule has 0 fully saturated rings. The Balaban J connectivity index is 3.11. The number of esters is 1. The number of aromatic nitrogens is 2. The predicted octanol–water partition coefficient (Wildman–Crippen LogP) is 0.563. The van der Waals surface area contributed by atoms with Gasteiger partial charge in [0.15, 0.2) is 0 Å². The molecular weight excluding hydrogens is 206 g/mol. The van der Waals surface area contributed by atoms with Crippen LogP contribution in [-0.4, -0.2) is 29.1 Å². The molecule has 5 heteroatoms. The van der Waals surface area contributed by atoms with Crippen molar-refractivity contribution in [2.24, 2.45) is 5.73 Å². The molecule has 0 aliphatic heterocycles. The van der Waals surface area contributed by atoms with Crippen LogP contribution in [0.25, 0.3) is 0 Å². The molecule has 5 nitrogen and oxygen atoms in total. The Kier molecular flexibility index (Phi) is 3.59. The number of ether oxygens (including phenoxy) is 1. The smallest absolute Gasteiger partial charge is 0.323 e. The van der Waals surface area contributed by atoms with Crippen LogP contribution in [-0.2, 0) is 14.9 Å². The van der Waals surface area contributed by atoms with Crippen molar-refractivity contribution in [3.8, 4) is 0 Å². The highest BCUT2D eigenvalue weighted by Gasteiger charge is 2.36. The van der Waals surface area contributed by atoms with Crippen LogP contribution in [0.15, 0.2) is 12.5 Å². The summed E-state index contributed by atoms with van der Waals surface area (Å²) in [4.78, 5) is 19.5. The van der Waals surface area contributed by atoms with Gasteiger partial charge in [-0.2, -0.15) is 0 Å². The number of hydrogen-bond donors (Lipinski definition) is 1. The van der Waals surface area contributed by atoms with Gasteiger partial charge < -0.3 is 10.5 Å². The van der Waals surface area contributed by atoms with Crippen LogP contribution in [0.2, 0.25) is 0 Å². The van der Waals surface area contributed by atoms with E-state index in [9.17, 15) is 4.79 Å². The Morgan fingerprint density at radius 1 is 1.56 bits per heavy atom. The minimum atomic E-state index is -0.734. The molecule has 0 bridgehead atoms. The molecular formula is C11H17N3O2. The lowest BCUT2D eigenvalue weighted by molar-refractivity contribution is -0.143. The molecule has 1 rings (SSSR count). The Hall–Kier alpha value is -1.49. The fourth-order valence-electron chi connectivity index (χ4n) is 1.61. The largest absolute Gasteiger partial charge is 0.468 e. The van der Waals surface area contributed by atoms with Gasteiger partial charge in [-0.05, 0) is 12.5 Å². The highest BCUT2D eigenvalue weighted by molar-refractivity contribution is 5.77. The van der Waals surface area contributed by atoms with Gasteiger partial charge in [-0.3, -0.25) is 4.79 Å². The maximum atomic E-state index is 11.5. The average molecular weight is 223 g/mol. The van der Waals surface area contributed by atoms with Crippen LogP contribution in [0.1, 0.15) is 25.1 Å². The lowest BCUT2D eigenvalue weighted by atomic mass is 9.78. The molecule has 1 aromatic rings. The van der Waals surface area contributed by atoms with E-state index in [4.69, 9.17) is 5.73 Å². The molecule has 88 valence electrons. The number of methoxy groups -OCH3 is 1.